The molecule has 0 heterocycles. The van der Waals surface area contributed by atoms with Crippen molar-refractivity contribution in [1.82, 2.24) is 0 Å². The van der Waals surface area contributed by atoms with Crippen molar-refractivity contribution in [3.63, 3.8) is 0 Å². The van der Waals surface area contributed by atoms with Gasteiger partial charge in [-0.15, -0.1) is 0 Å². The summed E-state index contributed by atoms with van der Waals surface area (Å²) in [6, 6.07) is 0. The van der Waals surface area contributed by atoms with E-state index in [-0.39, 0.29) is 0 Å². The van der Waals surface area contributed by atoms with Crippen LogP contribution < -0.4 is 0 Å². The second kappa shape index (κ2) is 9.60. The Hall–Kier alpha value is 0.726. The molecule has 0 unspecified atom stereocenters. The molecule has 0 aromatic rings. The van der Waals surface area contributed by atoms with E-state index in [0.29, 0.717) is 0 Å². The third-order valence-electron chi connectivity index (χ3n) is 1.83. The quantitative estimate of drug-likeness (QED) is 0.369. The molecule has 0 saturated carbocycles. The van der Waals surface area contributed by atoms with Crippen LogP contribution in [0.15, 0.2) is 37.4 Å². The van der Waals surface area contributed by atoms with E-state index in [2.05, 4.69) is 70.5 Å². The first kappa shape index (κ1) is 18.7. The van der Waals surface area contributed by atoms with Crippen molar-refractivity contribution in [2.24, 2.45) is 0 Å². The molecule has 0 aromatic carbocycles. The predicted octanol–water partition coefficient (Wildman–Crippen LogP) is 5.08. The Kier molecular flexibility index (Phi) is 9.99. The molecule has 0 aromatic heterocycles. The molecule has 0 bridgehead atoms. The van der Waals surface area contributed by atoms with Crippen LogP contribution >= 0.6 is 0 Å². The molecule has 0 atom stereocenters. The molecule has 0 spiro atoms. The maximum absolute atomic E-state index is 2.67. The van der Waals surface area contributed by atoms with E-state index in [1.165, 1.54) is 22.3 Å². The standard InChI is InChI=1S/4C4H7.2Bi/c4*1-4(2)3;;/h4*1H,2-3H3;;. The van der Waals surface area contributed by atoms with Crippen molar-refractivity contribution in [1.29, 1.82) is 0 Å². The van der Waals surface area contributed by atoms with E-state index in [4.69, 9.17) is 0 Å². The summed E-state index contributed by atoms with van der Waals surface area (Å²) in [7, 11) is 0. The molecule has 18 heavy (non-hydrogen) atoms. The van der Waals surface area contributed by atoms with Gasteiger partial charge in [0.2, 0.25) is 0 Å². The van der Waals surface area contributed by atoms with Crippen LogP contribution in [0.25, 0.3) is 0 Å². The molecule has 0 N–H and O–H groups in total. The average molecular weight is 638 g/mol. The number of rotatable bonds is 5. The Bertz CT molecular complexity index is 294. The second-order valence-electron chi connectivity index (χ2n) is 5.59. The van der Waals surface area contributed by atoms with Crippen molar-refractivity contribution in [2.75, 3.05) is 0 Å². The van der Waals surface area contributed by atoms with Crippen molar-refractivity contribution in [3.05, 3.63) is 37.4 Å². The van der Waals surface area contributed by atoms with Crippen molar-refractivity contribution < 1.29 is 0 Å². The van der Waals surface area contributed by atoms with E-state index in [1.54, 1.807) is 0 Å². The Morgan fingerprint density at radius 1 is 0.444 bits per heavy atom. The number of hydrogen-bond acceptors (Lipinski definition) is 0. The second-order valence-corrected chi connectivity index (χ2v) is 47.0. The van der Waals surface area contributed by atoms with E-state index in [0.717, 1.165) is 0 Å². The van der Waals surface area contributed by atoms with Gasteiger partial charge in [0.05, 0.1) is 0 Å². The van der Waals surface area contributed by atoms with Crippen LogP contribution in [0, 0.1) is 0 Å². The van der Waals surface area contributed by atoms with Gasteiger partial charge in [0.25, 0.3) is 0 Å². The first-order valence-corrected chi connectivity index (χ1v) is 29.6. The first-order chi connectivity index (χ1) is 8.22. The molecule has 0 rings (SSSR count). The Morgan fingerprint density at radius 3 is 0.722 bits per heavy atom. The van der Waals surface area contributed by atoms with Crippen LogP contribution in [0.3, 0.4) is 0 Å². The summed E-state index contributed by atoms with van der Waals surface area (Å²) in [5.41, 5.74) is 6.09. The molecular formula is C16H28Bi2. The molecule has 0 radical (unpaired) electrons. The van der Waals surface area contributed by atoms with Crippen molar-refractivity contribution in [3.8, 4) is 0 Å². The van der Waals surface area contributed by atoms with E-state index < -0.39 is 33.9 Å². The van der Waals surface area contributed by atoms with Crippen LogP contribution in [0.4, 0.5) is 0 Å². The Morgan fingerprint density at radius 2 is 0.611 bits per heavy atom. The van der Waals surface area contributed by atoms with Gasteiger partial charge in [0, 0.05) is 0 Å². The third kappa shape index (κ3) is 9.63. The molecule has 0 aliphatic heterocycles. The van der Waals surface area contributed by atoms with Crippen LogP contribution in [-0.4, -0.2) is 33.9 Å². The first-order valence-electron chi connectivity index (χ1n) is 6.39. The van der Waals surface area contributed by atoms with Gasteiger partial charge in [0.15, 0.2) is 0 Å². The molecule has 0 nitrogen and oxygen atoms in total. The van der Waals surface area contributed by atoms with Crippen LogP contribution in [0.2, 0.25) is 0 Å². The predicted molar refractivity (Wildman–Crippen MR) is 89.2 cm³/mol. The zero-order chi connectivity index (χ0) is 14.3. The average Bonchev–Trinajstić information content (AvgIpc) is 2.12. The van der Waals surface area contributed by atoms with Gasteiger partial charge in [0.1, 0.15) is 0 Å². The summed E-state index contributed by atoms with van der Waals surface area (Å²) in [5, 5.41) is 0. The van der Waals surface area contributed by atoms with Gasteiger partial charge in [-0.1, -0.05) is 0 Å². The van der Waals surface area contributed by atoms with Gasteiger partial charge in [-0.3, -0.25) is 0 Å². The fraction of sp³-hybridized carbons (Fsp3) is 0.500. The molecule has 0 saturated heterocycles. The summed E-state index contributed by atoms with van der Waals surface area (Å²) in [5.74, 6) is 0. The summed E-state index contributed by atoms with van der Waals surface area (Å²) in [6.45, 7) is 18.1. The van der Waals surface area contributed by atoms with Gasteiger partial charge < -0.3 is 0 Å². The van der Waals surface area contributed by atoms with Gasteiger partial charge >= 0.3 is 127 Å². The Labute approximate surface area is 125 Å². The molecule has 0 aliphatic carbocycles. The summed E-state index contributed by atoms with van der Waals surface area (Å²) in [4.78, 5) is 0. The van der Waals surface area contributed by atoms with E-state index in [9.17, 15) is 0 Å². The molecule has 0 amide bonds. The van der Waals surface area contributed by atoms with Crippen LogP contribution in [-0.2, 0) is 0 Å². The zero-order valence-electron chi connectivity index (χ0n) is 13.2. The number of allylic oxidation sites excluding steroid dienone is 4. The third-order valence-corrected chi connectivity index (χ3v) is 50.0. The molecule has 0 fully saturated rings. The molecule has 102 valence electrons. The van der Waals surface area contributed by atoms with Gasteiger partial charge in [-0.25, -0.2) is 0 Å². The Balaban J connectivity index is 5.48. The summed E-state index contributed by atoms with van der Waals surface area (Å²) in [6.07, 6.45) is 0. The van der Waals surface area contributed by atoms with Crippen molar-refractivity contribution >= 4 is 33.9 Å². The van der Waals surface area contributed by atoms with E-state index in [1.807, 2.05) is 0 Å². The van der Waals surface area contributed by atoms with Crippen LogP contribution in [0.5, 0.6) is 0 Å². The molecular weight excluding hydrogens is 610 g/mol. The number of hydrogen-bond donors (Lipinski definition) is 0. The van der Waals surface area contributed by atoms with Gasteiger partial charge in [-0.05, 0) is 0 Å². The minimum absolute atomic E-state index is 1.52. The monoisotopic (exact) mass is 638 g/mol. The summed E-state index contributed by atoms with van der Waals surface area (Å²) < 4.78 is 10.7. The van der Waals surface area contributed by atoms with E-state index >= 15 is 0 Å². The van der Waals surface area contributed by atoms with Crippen LogP contribution in [0.1, 0.15) is 55.4 Å². The SMILES string of the molecule is CC(C)=[CH][Bi]([CH]=C(C)C)[Bi]([CH]=C(C)C)[CH]=C(C)C. The summed E-state index contributed by atoms with van der Waals surface area (Å²) >= 11 is -3.12. The zero-order valence-corrected chi connectivity index (χ0v) is 20.2. The maximum atomic E-state index is 2.67. The topological polar surface area (TPSA) is 0 Å². The fourth-order valence-corrected chi connectivity index (χ4v) is 62.0. The normalized spacial score (nSPS) is 10.1. The minimum atomic E-state index is -1.56. The molecule has 2 heteroatoms. The van der Waals surface area contributed by atoms with Gasteiger partial charge in [-0.2, -0.15) is 0 Å². The van der Waals surface area contributed by atoms with Crippen molar-refractivity contribution in [2.45, 2.75) is 55.4 Å². The molecule has 0 aliphatic rings. The fourth-order valence-electron chi connectivity index (χ4n) is 1.40.